The van der Waals surface area contributed by atoms with Crippen LogP contribution in [0.5, 0.6) is 0 Å². The molecule has 5 heteroatoms. The fourth-order valence-corrected chi connectivity index (χ4v) is 0.999. The van der Waals surface area contributed by atoms with Crippen molar-refractivity contribution < 1.29 is 24.2 Å². The lowest BCUT2D eigenvalue weighted by Gasteiger charge is -2.08. The fraction of sp³-hybridized carbons (Fsp3) is 0.714. The number of rotatable bonds is 1. The first-order valence-electron chi connectivity index (χ1n) is 3.52. The van der Waals surface area contributed by atoms with Gasteiger partial charge in [0, 0.05) is 6.42 Å². The molecule has 1 heterocycles. The van der Waals surface area contributed by atoms with Crippen LogP contribution in [-0.4, -0.2) is 23.5 Å². The molecule has 0 aromatic rings. The zero-order chi connectivity index (χ0) is 9.35. The van der Waals surface area contributed by atoms with Gasteiger partial charge in [0.2, 0.25) is 0 Å². The topological polar surface area (TPSA) is 72.8 Å². The summed E-state index contributed by atoms with van der Waals surface area (Å²) in [7, 11) is 0. The average molecular weight is 174 g/mol. The molecule has 0 bridgehead atoms. The Bertz CT molecular complexity index is 220. The van der Waals surface area contributed by atoms with Gasteiger partial charge in [0.1, 0.15) is 0 Å². The first-order valence-corrected chi connectivity index (χ1v) is 3.52. The molecule has 0 spiro atoms. The number of carbonyl (C=O) groups is 2. The Labute approximate surface area is 69.3 Å². The molecule has 5 nitrogen and oxygen atoms in total. The summed E-state index contributed by atoms with van der Waals surface area (Å²) in [4.78, 5) is 21.1. The van der Waals surface area contributed by atoms with E-state index in [1.54, 1.807) is 13.8 Å². The summed E-state index contributed by atoms with van der Waals surface area (Å²) in [5, 5.41) is 8.22. The van der Waals surface area contributed by atoms with Crippen LogP contribution in [0.15, 0.2) is 0 Å². The van der Waals surface area contributed by atoms with Crippen molar-refractivity contribution in [2.45, 2.75) is 26.6 Å². The van der Waals surface area contributed by atoms with Gasteiger partial charge < -0.3 is 14.6 Å². The second kappa shape index (κ2) is 2.66. The summed E-state index contributed by atoms with van der Waals surface area (Å²) >= 11 is 0. The highest BCUT2D eigenvalue weighted by atomic mass is 16.8. The average Bonchev–Trinajstić information content (AvgIpc) is 2.04. The Morgan fingerprint density at radius 2 is 2.33 bits per heavy atom. The minimum absolute atomic E-state index is 0.276. The Morgan fingerprint density at radius 1 is 1.75 bits per heavy atom. The van der Waals surface area contributed by atoms with Crippen LogP contribution in [0.25, 0.3) is 0 Å². The maximum atomic E-state index is 11.0. The van der Waals surface area contributed by atoms with E-state index in [2.05, 4.69) is 9.47 Å². The number of hydrogen-bond acceptors (Lipinski definition) is 4. The molecular weight excluding hydrogens is 164 g/mol. The molecule has 1 aliphatic heterocycles. The van der Waals surface area contributed by atoms with Gasteiger partial charge in [0.15, 0.2) is 0 Å². The molecule has 0 aromatic heterocycles. The summed E-state index contributed by atoms with van der Waals surface area (Å²) in [6.45, 7) is 3.36. The zero-order valence-corrected chi connectivity index (χ0v) is 6.86. The van der Waals surface area contributed by atoms with E-state index >= 15 is 0 Å². The quantitative estimate of drug-likeness (QED) is 0.600. The maximum absolute atomic E-state index is 11.0. The van der Waals surface area contributed by atoms with Crippen molar-refractivity contribution in [1.82, 2.24) is 0 Å². The van der Waals surface area contributed by atoms with Crippen LogP contribution in [-0.2, 0) is 14.3 Å². The van der Waals surface area contributed by atoms with E-state index in [1.165, 1.54) is 0 Å². The summed E-state index contributed by atoms with van der Waals surface area (Å²) in [6, 6.07) is 0. The molecule has 0 saturated carbocycles. The third-order valence-electron chi connectivity index (χ3n) is 1.70. The van der Waals surface area contributed by atoms with Crippen LogP contribution >= 0.6 is 0 Å². The van der Waals surface area contributed by atoms with E-state index in [-0.39, 0.29) is 6.42 Å². The predicted octanol–water partition coefficient (Wildman–Crippen LogP) is 0.980. The van der Waals surface area contributed by atoms with Gasteiger partial charge in [-0.3, -0.25) is 4.79 Å². The summed E-state index contributed by atoms with van der Waals surface area (Å²) in [5.74, 6) is -0.422. The lowest BCUT2D eigenvalue weighted by Crippen LogP contribution is -2.17. The molecule has 1 N–H and O–H groups in total. The van der Waals surface area contributed by atoms with Gasteiger partial charge >= 0.3 is 12.1 Å². The number of carbonyl (C=O) groups excluding carboxylic acids is 1. The lowest BCUT2D eigenvalue weighted by molar-refractivity contribution is -0.159. The second-order valence-electron chi connectivity index (χ2n) is 3.31. The van der Waals surface area contributed by atoms with E-state index in [0.717, 1.165) is 0 Å². The normalized spacial score (nSPS) is 26.5. The SMILES string of the molecule is CC1(C)CC(OC(=O)O)OC1=O. The van der Waals surface area contributed by atoms with Crippen molar-refractivity contribution >= 4 is 12.1 Å². The number of ether oxygens (including phenoxy) is 2. The molecule has 1 saturated heterocycles. The van der Waals surface area contributed by atoms with Crippen molar-refractivity contribution in [2.24, 2.45) is 5.41 Å². The van der Waals surface area contributed by atoms with E-state index in [9.17, 15) is 9.59 Å². The molecule has 0 aromatic carbocycles. The van der Waals surface area contributed by atoms with Crippen LogP contribution in [0, 0.1) is 5.41 Å². The molecule has 0 amide bonds. The van der Waals surface area contributed by atoms with E-state index < -0.39 is 23.8 Å². The molecule has 1 atom stereocenters. The smallest absolute Gasteiger partial charge is 0.450 e. The Balaban J connectivity index is 2.55. The Kier molecular flexibility index (Phi) is 1.95. The summed E-state index contributed by atoms with van der Waals surface area (Å²) < 4.78 is 8.94. The van der Waals surface area contributed by atoms with Crippen molar-refractivity contribution in [3.63, 3.8) is 0 Å². The van der Waals surface area contributed by atoms with Crippen LogP contribution < -0.4 is 0 Å². The molecule has 1 fully saturated rings. The van der Waals surface area contributed by atoms with Crippen molar-refractivity contribution in [3.8, 4) is 0 Å². The first kappa shape index (κ1) is 8.83. The largest absolute Gasteiger partial charge is 0.508 e. The van der Waals surface area contributed by atoms with Gasteiger partial charge in [-0.15, -0.1) is 0 Å². The predicted molar refractivity (Wildman–Crippen MR) is 37.4 cm³/mol. The van der Waals surface area contributed by atoms with E-state index in [1.807, 2.05) is 0 Å². The van der Waals surface area contributed by atoms with Crippen molar-refractivity contribution in [2.75, 3.05) is 0 Å². The van der Waals surface area contributed by atoms with Gasteiger partial charge in [-0.25, -0.2) is 4.79 Å². The number of esters is 1. The molecule has 1 unspecified atom stereocenters. The summed E-state index contributed by atoms with van der Waals surface area (Å²) in [6.07, 6.45) is -2.09. The highest BCUT2D eigenvalue weighted by Crippen LogP contribution is 2.33. The van der Waals surface area contributed by atoms with Gasteiger partial charge in [-0.05, 0) is 13.8 Å². The van der Waals surface area contributed by atoms with E-state index in [0.29, 0.717) is 0 Å². The highest BCUT2D eigenvalue weighted by molar-refractivity contribution is 5.78. The minimum Gasteiger partial charge on any atom is -0.450 e. The van der Waals surface area contributed by atoms with Crippen molar-refractivity contribution in [3.05, 3.63) is 0 Å². The van der Waals surface area contributed by atoms with Gasteiger partial charge in [-0.2, -0.15) is 0 Å². The number of hydrogen-bond donors (Lipinski definition) is 1. The highest BCUT2D eigenvalue weighted by Gasteiger charge is 2.43. The standard InChI is InChI=1S/C7H10O5/c1-7(2)3-4(11-5(7)8)12-6(9)10/h4H,3H2,1-2H3,(H,9,10). The molecule has 68 valence electrons. The number of carboxylic acid groups (broad SMARTS) is 1. The molecule has 12 heavy (non-hydrogen) atoms. The third-order valence-corrected chi connectivity index (χ3v) is 1.70. The molecule has 0 aliphatic carbocycles. The lowest BCUT2D eigenvalue weighted by atomic mass is 9.92. The first-order chi connectivity index (χ1) is 5.42. The van der Waals surface area contributed by atoms with Crippen LogP contribution in [0.4, 0.5) is 4.79 Å². The van der Waals surface area contributed by atoms with Gasteiger partial charge in [0.25, 0.3) is 6.29 Å². The molecule has 0 radical (unpaired) electrons. The number of cyclic esters (lactones) is 1. The Morgan fingerprint density at radius 3 is 2.67 bits per heavy atom. The molecular formula is C7H10O5. The molecule has 1 rings (SSSR count). The Hall–Kier alpha value is -1.26. The van der Waals surface area contributed by atoms with Gasteiger partial charge in [-0.1, -0.05) is 0 Å². The monoisotopic (exact) mass is 174 g/mol. The zero-order valence-electron chi connectivity index (χ0n) is 6.86. The van der Waals surface area contributed by atoms with Crippen LogP contribution in [0.3, 0.4) is 0 Å². The fourth-order valence-electron chi connectivity index (χ4n) is 0.999. The second-order valence-corrected chi connectivity index (χ2v) is 3.31. The maximum Gasteiger partial charge on any atom is 0.508 e. The summed E-state index contributed by atoms with van der Waals surface area (Å²) in [5.41, 5.74) is -0.639. The van der Waals surface area contributed by atoms with Crippen molar-refractivity contribution in [1.29, 1.82) is 0 Å². The molecule has 1 aliphatic rings. The van der Waals surface area contributed by atoms with Crippen LogP contribution in [0.1, 0.15) is 20.3 Å². The van der Waals surface area contributed by atoms with Gasteiger partial charge in [0.05, 0.1) is 5.41 Å². The third kappa shape index (κ3) is 1.66. The van der Waals surface area contributed by atoms with Crippen LogP contribution in [0.2, 0.25) is 0 Å². The van der Waals surface area contributed by atoms with E-state index in [4.69, 9.17) is 5.11 Å². The minimum atomic E-state index is -1.43.